The number of carbonyl (C=O) groups is 1. The van der Waals surface area contributed by atoms with Gasteiger partial charge in [0.1, 0.15) is 0 Å². The average Bonchev–Trinajstić information content (AvgIpc) is 2.67. The third kappa shape index (κ3) is 3.39. The van der Waals surface area contributed by atoms with Crippen LogP contribution in [-0.2, 0) is 4.79 Å². The van der Waals surface area contributed by atoms with E-state index in [9.17, 15) is 4.79 Å². The van der Waals surface area contributed by atoms with Crippen LogP contribution in [0.1, 0.15) is 39.5 Å². The number of hydrogen-bond acceptors (Lipinski definition) is 3. The van der Waals surface area contributed by atoms with Crippen LogP contribution in [0.25, 0.3) is 0 Å². The first kappa shape index (κ1) is 13.8. The Bertz CT molecular complexity index is 247. The van der Waals surface area contributed by atoms with Gasteiger partial charge in [0, 0.05) is 17.8 Å². The van der Waals surface area contributed by atoms with Crippen molar-refractivity contribution >= 4 is 17.7 Å². The van der Waals surface area contributed by atoms with Crippen LogP contribution in [-0.4, -0.2) is 35.2 Å². The molecule has 0 saturated heterocycles. The summed E-state index contributed by atoms with van der Waals surface area (Å²) in [6, 6.07) is 0. The maximum Gasteiger partial charge on any atom is 0.310 e. The molecule has 0 amide bonds. The van der Waals surface area contributed by atoms with Crippen LogP contribution >= 0.6 is 11.8 Å². The van der Waals surface area contributed by atoms with Crippen LogP contribution in [0.3, 0.4) is 0 Å². The van der Waals surface area contributed by atoms with Gasteiger partial charge in [-0.25, -0.2) is 0 Å². The van der Waals surface area contributed by atoms with Gasteiger partial charge < -0.3 is 10.4 Å². The van der Waals surface area contributed by atoms with E-state index in [1.54, 1.807) is 13.8 Å². The summed E-state index contributed by atoms with van der Waals surface area (Å²) in [5, 5.41) is 12.3. The predicted octanol–water partition coefficient (Wildman–Crippen LogP) is 2.36. The summed E-state index contributed by atoms with van der Waals surface area (Å²) >= 11 is 1.93. The molecule has 0 heterocycles. The number of nitrogens with one attached hydrogen (secondary N) is 1. The molecule has 4 heteroatoms. The lowest BCUT2D eigenvalue weighted by Gasteiger charge is -2.29. The minimum atomic E-state index is -0.732. The second-order valence-electron chi connectivity index (χ2n) is 5.39. The summed E-state index contributed by atoms with van der Waals surface area (Å²) in [5.41, 5.74) is -0.668. The molecule has 1 fully saturated rings. The Morgan fingerprint density at radius 2 is 2.00 bits per heavy atom. The van der Waals surface area contributed by atoms with Gasteiger partial charge >= 0.3 is 5.97 Å². The Labute approximate surface area is 102 Å². The van der Waals surface area contributed by atoms with Crippen LogP contribution < -0.4 is 5.32 Å². The Hall–Kier alpha value is -0.220. The van der Waals surface area contributed by atoms with E-state index in [2.05, 4.69) is 11.6 Å². The van der Waals surface area contributed by atoms with Gasteiger partial charge in [-0.3, -0.25) is 4.79 Å². The third-order valence-electron chi connectivity index (χ3n) is 3.54. The maximum atomic E-state index is 11.0. The van der Waals surface area contributed by atoms with Crippen LogP contribution in [0.15, 0.2) is 0 Å². The van der Waals surface area contributed by atoms with E-state index in [1.165, 1.54) is 25.7 Å². The highest BCUT2D eigenvalue weighted by molar-refractivity contribution is 8.00. The van der Waals surface area contributed by atoms with E-state index < -0.39 is 11.4 Å². The van der Waals surface area contributed by atoms with Gasteiger partial charge in [-0.2, -0.15) is 11.8 Å². The minimum absolute atomic E-state index is 0.356. The minimum Gasteiger partial charge on any atom is -0.481 e. The molecular weight excluding hydrogens is 222 g/mol. The molecule has 1 aliphatic rings. The largest absolute Gasteiger partial charge is 0.481 e. The SMILES string of the molecule is CSC1(CNCC(C)(C)C(=O)O)CCCC1. The van der Waals surface area contributed by atoms with E-state index in [0.717, 1.165) is 6.54 Å². The molecule has 0 aromatic rings. The van der Waals surface area contributed by atoms with Crippen molar-refractivity contribution < 1.29 is 9.90 Å². The lowest BCUT2D eigenvalue weighted by atomic mass is 9.93. The molecule has 0 spiro atoms. The molecule has 2 N–H and O–H groups in total. The first-order valence-electron chi connectivity index (χ1n) is 5.91. The van der Waals surface area contributed by atoms with Gasteiger partial charge in [0.05, 0.1) is 5.41 Å². The van der Waals surface area contributed by atoms with Crippen molar-refractivity contribution in [3.63, 3.8) is 0 Å². The first-order chi connectivity index (χ1) is 7.42. The Balaban J connectivity index is 2.37. The lowest BCUT2D eigenvalue weighted by molar-refractivity contribution is -0.146. The Kier molecular flexibility index (Phi) is 4.68. The van der Waals surface area contributed by atoms with Crippen molar-refractivity contribution in [3.8, 4) is 0 Å². The normalized spacial score (nSPS) is 19.9. The zero-order valence-corrected chi connectivity index (χ0v) is 11.3. The van der Waals surface area contributed by atoms with E-state index in [1.807, 2.05) is 11.8 Å². The number of carboxylic acids is 1. The fraction of sp³-hybridized carbons (Fsp3) is 0.917. The van der Waals surface area contributed by atoms with Crippen molar-refractivity contribution in [1.29, 1.82) is 0 Å². The predicted molar refractivity (Wildman–Crippen MR) is 69.0 cm³/mol. The molecule has 0 radical (unpaired) electrons. The zero-order valence-electron chi connectivity index (χ0n) is 10.5. The highest BCUT2D eigenvalue weighted by atomic mass is 32.2. The summed E-state index contributed by atoms with van der Waals surface area (Å²) in [4.78, 5) is 11.0. The van der Waals surface area contributed by atoms with E-state index in [0.29, 0.717) is 11.3 Å². The highest BCUT2D eigenvalue weighted by Gasteiger charge is 2.34. The Morgan fingerprint density at radius 3 is 2.44 bits per heavy atom. The van der Waals surface area contributed by atoms with Gasteiger partial charge in [-0.1, -0.05) is 12.8 Å². The number of aliphatic carboxylic acids is 1. The van der Waals surface area contributed by atoms with Crippen LogP contribution in [0.2, 0.25) is 0 Å². The number of hydrogen-bond donors (Lipinski definition) is 2. The molecule has 16 heavy (non-hydrogen) atoms. The highest BCUT2D eigenvalue weighted by Crippen LogP contribution is 2.39. The maximum absolute atomic E-state index is 11.0. The molecule has 0 bridgehead atoms. The van der Waals surface area contributed by atoms with Crippen LogP contribution in [0.5, 0.6) is 0 Å². The number of thioether (sulfide) groups is 1. The van der Waals surface area contributed by atoms with E-state index in [-0.39, 0.29) is 0 Å². The smallest absolute Gasteiger partial charge is 0.310 e. The molecule has 0 aromatic heterocycles. The zero-order chi connectivity index (χ0) is 12.2. The molecule has 1 aliphatic carbocycles. The van der Waals surface area contributed by atoms with Crippen molar-refractivity contribution in [2.75, 3.05) is 19.3 Å². The van der Waals surface area contributed by atoms with Crippen LogP contribution in [0.4, 0.5) is 0 Å². The van der Waals surface area contributed by atoms with Crippen molar-refractivity contribution in [1.82, 2.24) is 5.32 Å². The van der Waals surface area contributed by atoms with Crippen molar-refractivity contribution in [2.45, 2.75) is 44.3 Å². The summed E-state index contributed by atoms with van der Waals surface area (Å²) in [7, 11) is 0. The first-order valence-corrected chi connectivity index (χ1v) is 7.14. The average molecular weight is 245 g/mol. The van der Waals surface area contributed by atoms with Crippen LogP contribution in [0, 0.1) is 5.41 Å². The second kappa shape index (κ2) is 5.41. The molecule has 0 atom stereocenters. The fourth-order valence-corrected chi connectivity index (χ4v) is 3.09. The van der Waals surface area contributed by atoms with Gasteiger partial charge in [0.25, 0.3) is 0 Å². The number of carboxylic acid groups (broad SMARTS) is 1. The second-order valence-corrected chi connectivity index (χ2v) is 6.66. The molecule has 0 aliphatic heterocycles. The van der Waals surface area contributed by atoms with E-state index >= 15 is 0 Å². The van der Waals surface area contributed by atoms with Crippen molar-refractivity contribution in [3.05, 3.63) is 0 Å². The van der Waals surface area contributed by atoms with Gasteiger partial charge in [-0.05, 0) is 32.9 Å². The monoisotopic (exact) mass is 245 g/mol. The molecule has 0 unspecified atom stereocenters. The summed E-state index contributed by atoms with van der Waals surface area (Å²) in [6.07, 6.45) is 7.30. The number of rotatable bonds is 6. The molecule has 94 valence electrons. The lowest BCUT2D eigenvalue weighted by Crippen LogP contribution is -2.42. The van der Waals surface area contributed by atoms with E-state index in [4.69, 9.17) is 5.11 Å². The molecular formula is C12H23NO2S. The third-order valence-corrected chi connectivity index (χ3v) is 4.96. The standard InChI is InChI=1S/C12H23NO2S/c1-11(2,10(14)15)8-13-9-12(16-3)6-4-5-7-12/h13H,4-9H2,1-3H3,(H,14,15). The van der Waals surface area contributed by atoms with Gasteiger partial charge in [-0.15, -0.1) is 0 Å². The van der Waals surface area contributed by atoms with Crippen molar-refractivity contribution in [2.24, 2.45) is 5.41 Å². The molecule has 3 nitrogen and oxygen atoms in total. The molecule has 1 rings (SSSR count). The summed E-state index contributed by atoms with van der Waals surface area (Å²) in [5.74, 6) is -0.732. The van der Waals surface area contributed by atoms with Gasteiger partial charge in [0.15, 0.2) is 0 Å². The summed E-state index contributed by atoms with van der Waals surface area (Å²) < 4.78 is 0.356. The quantitative estimate of drug-likeness (QED) is 0.754. The summed E-state index contributed by atoms with van der Waals surface area (Å²) in [6.45, 7) is 5.01. The fourth-order valence-electron chi connectivity index (χ4n) is 2.15. The Morgan fingerprint density at radius 1 is 1.44 bits per heavy atom. The molecule has 1 saturated carbocycles. The molecule has 0 aromatic carbocycles. The van der Waals surface area contributed by atoms with Gasteiger partial charge in [0.2, 0.25) is 0 Å². The topological polar surface area (TPSA) is 49.3 Å².